The molecule has 27 heavy (non-hydrogen) atoms. The van der Waals surface area contributed by atoms with Gasteiger partial charge in [-0.15, -0.1) is 11.3 Å². The molecule has 4 aromatic rings. The average Bonchev–Trinajstić information content (AvgIpc) is 3.06. The van der Waals surface area contributed by atoms with E-state index >= 15 is 0 Å². The van der Waals surface area contributed by atoms with Crippen molar-refractivity contribution in [1.29, 1.82) is 0 Å². The van der Waals surface area contributed by atoms with Gasteiger partial charge < -0.3 is 5.32 Å². The van der Waals surface area contributed by atoms with E-state index in [0.717, 1.165) is 10.2 Å². The highest BCUT2D eigenvalue weighted by Gasteiger charge is 2.23. The third-order valence-electron chi connectivity index (χ3n) is 4.34. The zero-order valence-corrected chi connectivity index (χ0v) is 15.9. The number of hydrogen-bond acceptors (Lipinski definition) is 5. The van der Waals surface area contributed by atoms with Gasteiger partial charge >= 0.3 is 0 Å². The van der Waals surface area contributed by atoms with Crippen molar-refractivity contribution < 1.29 is 4.79 Å². The normalized spacial score (nSPS) is 12.4. The number of halogens is 1. The van der Waals surface area contributed by atoms with Gasteiger partial charge in [-0.25, -0.2) is 9.97 Å². The van der Waals surface area contributed by atoms with Crippen LogP contribution >= 0.6 is 22.9 Å². The number of amides is 1. The second-order valence-corrected chi connectivity index (χ2v) is 7.39. The summed E-state index contributed by atoms with van der Waals surface area (Å²) in [5.41, 5.74) is 0.880. The zero-order chi connectivity index (χ0) is 19.0. The lowest BCUT2D eigenvalue weighted by molar-refractivity contribution is -0.119. The van der Waals surface area contributed by atoms with Crippen LogP contribution in [0.3, 0.4) is 0 Å². The minimum Gasteiger partial charge on any atom is -0.323 e. The first kappa shape index (κ1) is 17.6. The number of anilines is 1. The number of para-hydroxylation sites is 1. The summed E-state index contributed by atoms with van der Waals surface area (Å²) in [5.74, 6) is -0.312. The van der Waals surface area contributed by atoms with Gasteiger partial charge in [0.25, 0.3) is 5.56 Å². The van der Waals surface area contributed by atoms with Crippen LogP contribution in [-0.4, -0.2) is 20.4 Å². The Morgan fingerprint density at radius 3 is 2.85 bits per heavy atom. The van der Waals surface area contributed by atoms with E-state index in [2.05, 4.69) is 15.3 Å². The monoisotopic (exact) mass is 398 g/mol. The summed E-state index contributed by atoms with van der Waals surface area (Å²) in [6, 6.07) is 9.99. The van der Waals surface area contributed by atoms with Crippen molar-refractivity contribution in [3.05, 3.63) is 64.3 Å². The fraction of sp³-hybridized carbons (Fsp3) is 0.158. The van der Waals surface area contributed by atoms with Crippen LogP contribution in [0.4, 0.5) is 5.69 Å². The van der Waals surface area contributed by atoms with Gasteiger partial charge in [0.15, 0.2) is 0 Å². The summed E-state index contributed by atoms with van der Waals surface area (Å²) < 4.78 is 1.87. The number of rotatable bonds is 4. The Hall–Kier alpha value is -2.77. The van der Waals surface area contributed by atoms with Crippen molar-refractivity contribution in [2.75, 3.05) is 5.32 Å². The summed E-state index contributed by atoms with van der Waals surface area (Å²) in [4.78, 5) is 35.3. The molecule has 1 atom stereocenters. The molecule has 3 heterocycles. The largest absolute Gasteiger partial charge is 0.323 e. The van der Waals surface area contributed by atoms with Gasteiger partial charge in [-0.3, -0.25) is 14.2 Å². The van der Waals surface area contributed by atoms with E-state index in [1.165, 1.54) is 22.2 Å². The lowest BCUT2D eigenvalue weighted by Crippen LogP contribution is -2.33. The standard InChI is InChI=1S/C19H15ClN4O2S/c1-2-14(17(25)23-13-8-4-3-7-12(13)20)24-10-22-15-11-6-5-9-21-18(11)27-16(15)19(24)26/h3-10,14H,2H2,1H3,(H,23,25)/t14-/m1/s1. The molecule has 1 amide bonds. The lowest BCUT2D eigenvalue weighted by atomic mass is 10.2. The molecule has 1 N–H and O–H groups in total. The van der Waals surface area contributed by atoms with Crippen LogP contribution in [0.1, 0.15) is 19.4 Å². The minimum absolute atomic E-state index is 0.246. The molecule has 1 aromatic carbocycles. The molecule has 0 saturated carbocycles. The van der Waals surface area contributed by atoms with Crippen molar-refractivity contribution in [2.24, 2.45) is 0 Å². The van der Waals surface area contributed by atoms with E-state index in [9.17, 15) is 9.59 Å². The van der Waals surface area contributed by atoms with E-state index in [-0.39, 0.29) is 11.5 Å². The van der Waals surface area contributed by atoms with E-state index in [4.69, 9.17) is 11.6 Å². The van der Waals surface area contributed by atoms with Crippen LogP contribution in [-0.2, 0) is 4.79 Å². The molecule has 0 radical (unpaired) electrons. The van der Waals surface area contributed by atoms with Crippen LogP contribution < -0.4 is 10.9 Å². The van der Waals surface area contributed by atoms with Crippen LogP contribution in [0.15, 0.2) is 53.7 Å². The number of aromatic nitrogens is 3. The highest BCUT2D eigenvalue weighted by Crippen LogP contribution is 2.29. The Bertz CT molecular complexity index is 1220. The molecule has 6 nitrogen and oxygen atoms in total. The smallest absolute Gasteiger partial charge is 0.272 e. The second kappa shape index (κ2) is 7.09. The Labute approximate surface area is 163 Å². The van der Waals surface area contributed by atoms with Crippen LogP contribution in [0, 0.1) is 0 Å². The first-order valence-electron chi connectivity index (χ1n) is 8.40. The van der Waals surface area contributed by atoms with Gasteiger partial charge in [-0.1, -0.05) is 30.7 Å². The molecule has 0 saturated heterocycles. The minimum atomic E-state index is -0.691. The Morgan fingerprint density at radius 2 is 2.07 bits per heavy atom. The topological polar surface area (TPSA) is 76.9 Å². The molecule has 0 aliphatic carbocycles. The van der Waals surface area contributed by atoms with Crippen LogP contribution in [0.25, 0.3) is 20.4 Å². The van der Waals surface area contributed by atoms with Crippen molar-refractivity contribution in [1.82, 2.24) is 14.5 Å². The van der Waals surface area contributed by atoms with Crippen molar-refractivity contribution in [3.8, 4) is 0 Å². The van der Waals surface area contributed by atoms with Crippen molar-refractivity contribution >= 4 is 55.0 Å². The van der Waals surface area contributed by atoms with Crippen molar-refractivity contribution in [3.63, 3.8) is 0 Å². The number of thiophene rings is 1. The van der Waals surface area contributed by atoms with E-state index in [1.807, 2.05) is 19.1 Å². The van der Waals surface area contributed by atoms with Gasteiger partial charge in [0, 0.05) is 11.6 Å². The lowest BCUT2D eigenvalue weighted by Gasteiger charge is -2.18. The average molecular weight is 399 g/mol. The third-order valence-corrected chi connectivity index (χ3v) is 5.76. The second-order valence-electron chi connectivity index (χ2n) is 5.99. The SMILES string of the molecule is CC[C@H](C(=O)Nc1ccccc1Cl)n1cnc2c(sc3ncccc32)c1=O. The van der Waals surface area contributed by atoms with Gasteiger partial charge in [0.1, 0.15) is 15.6 Å². The molecule has 0 spiro atoms. The molecule has 0 aliphatic heterocycles. The summed E-state index contributed by atoms with van der Waals surface area (Å²) >= 11 is 7.40. The molecule has 0 fully saturated rings. The maximum absolute atomic E-state index is 13.0. The fourth-order valence-electron chi connectivity index (χ4n) is 2.99. The number of fused-ring (bicyclic) bond motifs is 3. The molecule has 0 unspecified atom stereocenters. The van der Waals surface area contributed by atoms with E-state index in [0.29, 0.717) is 27.3 Å². The molecular formula is C19H15ClN4O2S. The number of carbonyl (C=O) groups is 1. The molecule has 136 valence electrons. The Morgan fingerprint density at radius 1 is 1.26 bits per heavy atom. The molecule has 8 heteroatoms. The quantitative estimate of drug-likeness (QED) is 0.557. The van der Waals surface area contributed by atoms with Gasteiger partial charge in [-0.05, 0) is 30.7 Å². The summed E-state index contributed by atoms with van der Waals surface area (Å²) in [5, 5.41) is 4.08. The summed E-state index contributed by atoms with van der Waals surface area (Å²) in [7, 11) is 0. The van der Waals surface area contributed by atoms with Crippen LogP contribution in [0.2, 0.25) is 5.02 Å². The number of nitrogens with one attached hydrogen (secondary N) is 1. The maximum Gasteiger partial charge on any atom is 0.272 e. The molecule has 0 bridgehead atoms. The van der Waals surface area contributed by atoms with E-state index in [1.54, 1.807) is 30.5 Å². The highest BCUT2D eigenvalue weighted by atomic mass is 35.5. The van der Waals surface area contributed by atoms with Crippen molar-refractivity contribution in [2.45, 2.75) is 19.4 Å². The fourth-order valence-corrected chi connectivity index (χ4v) is 4.21. The Kier molecular flexibility index (Phi) is 4.63. The highest BCUT2D eigenvalue weighted by molar-refractivity contribution is 7.25. The van der Waals surface area contributed by atoms with Crippen LogP contribution in [0.5, 0.6) is 0 Å². The maximum atomic E-state index is 13.0. The summed E-state index contributed by atoms with van der Waals surface area (Å²) in [6.07, 6.45) is 3.55. The molecule has 3 aromatic heterocycles. The number of carbonyl (C=O) groups excluding carboxylic acids is 1. The summed E-state index contributed by atoms with van der Waals surface area (Å²) in [6.45, 7) is 1.85. The number of benzene rings is 1. The molecular weight excluding hydrogens is 384 g/mol. The Balaban J connectivity index is 1.76. The zero-order valence-electron chi connectivity index (χ0n) is 14.3. The van der Waals surface area contributed by atoms with Gasteiger partial charge in [0.05, 0.1) is 22.6 Å². The molecule has 0 aliphatic rings. The molecule has 4 rings (SSSR count). The predicted octanol–water partition coefficient (Wildman–Crippen LogP) is 4.25. The number of hydrogen-bond donors (Lipinski definition) is 1. The van der Waals surface area contributed by atoms with E-state index < -0.39 is 6.04 Å². The first-order valence-corrected chi connectivity index (χ1v) is 9.59. The van der Waals surface area contributed by atoms with Gasteiger partial charge in [0.2, 0.25) is 5.91 Å². The van der Waals surface area contributed by atoms with Gasteiger partial charge in [-0.2, -0.15) is 0 Å². The predicted molar refractivity (Wildman–Crippen MR) is 109 cm³/mol. The third kappa shape index (κ3) is 3.09. The first-order chi connectivity index (χ1) is 13.1. The number of pyridine rings is 1. The number of nitrogens with zero attached hydrogens (tertiary/aromatic N) is 3.